The Morgan fingerprint density at radius 3 is 2.85 bits per heavy atom. The Morgan fingerprint density at radius 1 is 1.45 bits per heavy atom. The molecule has 0 bridgehead atoms. The summed E-state index contributed by atoms with van der Waals surface area (Å²) in [6.45, 7) is 3.03. The number of hydrogen-bond acceptors (Lipinski definition) is 5. The number of nitrogens with two attached hydrogens (primary N) is 1. The Morgan fingerprint density at radius 2 is 2.20 bits per heavy atom. The summed E-state index contributed by atoms with van der Waals surface area (Å²) in [4.78, 5) is 25.3. The molecule has 2 atom stereocenters. The zero-order chi connectivity index (χ0) is 15.0. The Hall–Kier alpha value is -0.750. The second kappa shape index (κ2) is 9.23. The molecule has 2 N–H and O–H groups in total. The minimum absolute atomic E-state index is 0.216. The Bertz CT molecular complexity index is 326. The summed E-state index contributed by atoms with van der Waals surface area (Å²) in [5, 5.41) is 0. The zero-order valence-electron chi connectivity index (χ0n) is 12.5. The van der Waals surface area contributed by atoms with E-state index < -0.39 is 6.04 Å². The fourth-order valence-corrected chi connectivity index (χ4v) is 3.38. The first kappa shape index (κ1) is 17.3. The van der Waals surface area contributed by atoms with Gasteiger partial charge in [-0.15, -0.1) is 0 Å². The van der Waals surface area contributed by atoms with Gasteiger partial charge in [-0.3, -0.25) is 9.59 Å². The summed E-state index contributed by atoms with van der Waals surface area (Å²) >= 11 is 1.54. The highest BCUT2D eigenvalue weighted by Crippen LogP contribution is 2.20. The molecule has 116 valence electrons. The van der Waals surface area contributed by atoms with Crippen molar-refractivity contribution in [3.05, 3.63) is 0 Å². The van der Waals surface area contributed by atoms with Crippen LogP contribution >= 0.6 is 11.8 Å². The van der Waals surface area contributed by atoms with Crippen molar-refractivity contribution >= 4 is 23.6 Å². The van der Waals surface area contributed by atoms with Gasteiger partial charge in [0.1, 0.15) is 6.04 Å². The van der Waals surface area contributed by atoms with Crippen molar-refractivity contribution in [1.82, 2.24) is 4.90 Å². The molecular weight excluding hydrogens is 276 g/mol. The molecule has 1 aliphatic heterocycles. The van der Waals surface area contributed by atoms with Crippen LogP contribution in [-0.2, 0) is 14.3 Å². The van der Waals surface area contributed by atoms with E-state index >= 15 is 0 Å². The summed E-state index contributed by atoms with van der Waals surface area (Å²) in [5.74, 6) is 1.00. The molecule has 0 spiro atoms. The molecule has 0 saturated carbocycles. The van der Waals surface area contributed by atoms with E-state index in [1.54, 1.807) is 11.8 Å². The predicted octanol–water partition coefficient (Wildman–Crippen LogP) is 1.40. The van der Waals surface area contributed by atoms with Gasteiger partial charge in [0.15, 0.2) is 0 Å². The highest BCUT2D eigenvalue weighted by molar-refractivity contribution is 7.99. The Balaban J connectivity index is 2.24. The number of carbonyl (C=O) groups excluding carboxylic acids is 2. The van der Waals surface area contributed by atoms with E-state index in [2.05, 4.69) is 11.7 Å². The number of likely N-dealkylation sites (tertiary alicyclic amines) is 1. The van der Waals surface area contributed by atoms with E-state index in [1.807, 2.05) is 4.90 Å². The van der Waals surface area contributed by atoms with Gasteiger partial charge in [0.25, 0.3) is 0 Å². The summed E-state index contributed by atoms with van der Waals surface area (Å²) in [7, 11) is 1.33. The molecule has 1 rings (SSSR count). The number of piperidine rings is 1. The number of esters is 1. The topological polar surface area (TPSA) is 72.6 Å². The fourth-order valence-electron chi connectivity index (χ4n) is 2.48. The first-order valence-corrected chi connectivity index (χ1v) is 8.46. The maximum Gasteiger partial charge on any atom is 0.322 e. The van der Waals surface area contributed by atoms with Gasteiger partial charge in [-0.1, -0.05) is 6.92 Å². The quantitative estimate of drug-likeness (QED) is 0.568. The van der Waals surface area contributed by atoms with Crippen molar-refractivity contribution in [3.63, 3.8) is 0 Å². The molecule has 0 aromatic carbocycles. The lowest BCUT2D eigenvalue weighted by atomic mass is 10.0. The van der Waals surface area contributed by atoms with Gasteiger partial charge in [0.05, 0.1) is 12.9 Å². The summed E-state index contributed by atoms with van der Waals surface area (Å²) in [6.07, 6.45) is 5.04. The van der Waals surface area contributed by atoms with Crippen LogP contribution in [0.4, 0.5) is 0 Å². The number of ether oxygens (including phenoxy) is 1. The molecule has 1 saturated heterocycles. The van der Waals surface area contributed by atoms with E-state index in [4.69, 9.17) is 5.73 Å². The van der Waals surface area contributed by atoms with Crippen LogP contribution in [0.1, 0.15) is 39.0 Å². The smallest absolute Gasteiger partial charge is 0.322 e. The molecule has 6 heteroatoms. The van der Waals surface area contributed by atoms with Crippen LogP contribution in [0, 0.1) is 0 Å². The maximum atomic E-state index is 12.2. The van der Waals surface area contributed by atoms with Crippen LogP contribution in [0.25, 0.3) is 0 Å². The number of rotatable bonds is 7. The molecule has 0 radical (unpaired) electrons. The van der Waals surface area contributed by atoms with Gasteiger partial charge in [-0.2, -0.15) is 11.8 Å². The number of carbonyl (C=O) groups is 2. The SMILES string of the molecule is CCC1CCCCN1C(=O)CSCCC(N)C(=O)OC. The van der Waals surface area contributed by atoms with E-state index in [1.165, 1.54) is 13.5 Å². The molecule has 1 fully saturated rings. The molecule has 2 unspecified atom stereocenters. The lowest BCUT2D eigenvalue weighted by Crippen LogP contribution is -2.44. The van der Waals surface area contributed by atoms with Crippen LogP contribution < -0.4 is 5.73 Å². The fraction of sp³-hybridized carbons (Fsp3) is 0.857. The summed E-state index contributed by atoms with van der Waals surface area (Å²) < 4.78 is 4.57. The minimum Gasteiger partial charge on any atom is -0.468 e. The standard InChI is InChI=1S/C14H26N2O3S/c1-3-11-6-4-5-8-16(11)13(17)10-20-9-7-12(15)14(18)19-2/h11-12H,3-10,15H2,1-2H3. The van der Waals surface area contributed by atoms with Crippen LogP contribution in [0.3, 0.4) is 0 Å². The zero-order valence-corrected chi connectivity index (χ0v) is 13.3. The van der Waals surface area contributed by atoms with Crippen LogP contribution in [-0.4, -0.2) is 54.0 Å². The number of hydrogen-bond donors (Lipinski definition) is 1. The van der Waals surface area contributed by atoms with Crippen LogP contribution in [0.5, 0.6) is 0 Å². The van der Waals surface area contributed by atoms with Crippen LogP contribution in [0.2, 0.25) is 0 Å². The normalized spacial score (nSPS) is 20.6. The van der Waals surface area contributed by atoms with Gasteiger partial charge in [0, 0.05) is 12.6 Å². The average molecular weight is 302 g/mol. The molecule has 1 heterocycles. The van der Waals surface area contributed by atoms with Gasteiger partial charge >= 0.3 is 5.97 Å². The first-order valence-electron chi connectivity index (χ1n) is 7.30. The van der Waals surface area contributed by atoms with Gasteiger partial charge in [0.2, 0.25) is 5.91 Å². The first-order chi connectivity index (χ1) is 9.60. The van der Waals surface area contributed by atoms with E-state index in [-0.39, 0.29) is 11.9 Å². The predicted molar refractivity (Wildman–Crippen MR) is 81.6 cm³/mol. The van der Waals surface area contributed by atoms with E-state index in [0.717, 1.165) is 25.8 Å². The highest BCUT2D eigenvalue weighted by Gasteiger charge is 2.24. The maximum absolute atomic E-state index is 12.2. The largest absolute Gasteiger partial charge is 0.468 e. The van der Waals surface area contributed by atoms with Crippen molar-refractivity contribution in [1.29, 1.82) is 0 Å². The molecule has 20 heavy (non-hydrogen) atoms. The monoisotopic (exact) mass is 302 g/mol. The third-order valence-electron chi connectivity index (χ3n) is 3.72. The number of nitrogens with zero attached hydrogens (tertiary/aromatic N) is 1. The molecule has 0 aliphatic carbocycles. The highest BCUT2D eigenvalue weighted by atomic mass is 32.2. The van der Waals surface area contributed by atoms with E-state index in [9.17, 15) is 9.59 Å². The van der Waals surface area contributed by atoms with Gasteiger partial charge in [-0.25, -0.2) is 0 Å². The van der Waals surface area contributed by atoms with Crippen molar-refractivity contribution < 1.29 is 14.3 Å². The van der Waals surface area contributed by atoms with Crippen molar-refractivity contribution in [2.75, 3.05) is 25.2 Å². The molecule has 0 aromatic rings. The van der Waals surface area contributed by atoms with Gasteiger partial charge < -0.3 is 15.4 Å². The summed E-state index contributed by atoms with van der Waals surface area (Å²) in [6, 6.07) is -0.171. The Labute approximate surface area is 125 Å². The second-order valence-corrected chi connectivity index (χ2v) is 6.22. The van der Waals surface area contributed by atoms with Crippen molar-refractivity contribution in [3.8, 4) is 0 Å². The molecular formula is C14H26N2O3S. The minimum atomic E-state index is -0.582. The molecule has 5 nitrogen and oxygen atoms in total. The lowest BCUT2D eigenvalue weighted by molar-refractivity contribution is -0.142. The van der Waals surface area contributed by atoms with Gasteiger partial charge in [-0.05, 0) is 37.9 Å². The number of amides is 1. The van der Waals surface area contributed by atoms with Crippen LogP contribution in [0.15, 0.2) is 0 Å². The van der Waals surface area contributed by atoms with E-state index in [0.29, 0.717) is 24.0 Å². The third kappa shape index (κ3) is 5.32. The Kier molecular flexibility index (Phi) is 7.99. The number of thioether (sulfide) groups is 1. The molecule has 1 amide bonds. The average Bonchev–Trinajstić information content (AvgIpc) is 2.50. The molecule has 0 aromatic heterocycles. The molecule has 1 aliphatic rings. The number of methoxy groups -OCH3 is 1. The lowest BCUT2D eigenvalue weighted by Gasteiger charge is -2.35. The second-order valence-electron chi connectivity index (χ2n) is 5.12. The summed E-state index contributed by atoms with van der Waals surface area (Å²) in [5.41, 5.74) is 5.65. The van der Waals surface area contributed by atoms with Crippen molar-refractivity contribution in [2.24, 2.45) is 5.73 Å². The van der Waals surface area contributed by atoms with Crippen molar-refractivity contribution in [2.45, 2.75) is 51.1 Å². The third-order valence-corrected chi connectivity index (χ3v) is 4.70.